The van der Waals surface area contributed by atoms with Gasteiger partial charge >= 0.3 is 0 Å². The number of aryl methyl sites for hydroxylation is 1. The lowest BCUT2D eigenvalue weighted by Gasteiger charge is -2.26. The van der Waals surface area contributed by atoms with E-state index in [2.05, 4.69) is 28.9 Å². The SMILES string of the molecule is CCOc1ccc(NC[C@H](O)Cn2c(C)c(C3=CCN(S(=O)(=O)c4ccc(C)cc4)CC3)c3ccccc32)cc1. The predicted molar refractivity (Wildman–Crippen MR) is 161 cm³/mol. The Labute approximate surface area is 236 Å². The van der Waals surface area contributed by atoms with Crippen LogP contribution in [0.5, 0.6) is 5.75 Å². The van der Waals surface area contributed by atoms with Crippen LogP contribution in [0.2, 0.25) is 0 Å². The van der Waals surface area contributed by atoms with Crippen molar-refractivity contribution in [2.24, 2.45) is 0 Å². The Morgan fingerprint density at radius 2 is 1.73 bits per heavy atom. The van der Waals surface area contributed by atoms with Gasteiger partial charge in [0.2, 0.25) is 10.0 Å². The van der Waals surface area contributed by atoms with Gasteiger partial charge in [-0.05, 0) is 75.2 Å². The van der Waals surface area contributed by atoms with Crippen molar-refractivity contribution in [3.63, 3.8) is 0 Å². The Bertz CT molecular complexity index is 1610. The number of nitrogens with zero attached hydrogens (tertiary/aromatic N) is 2. The van der Waals surface area contributed by atoms with Gasteiger partial charge in [-0.2, -0.15) is 4.31 Å². The van der Waals surface area contributed by atoms with Gasteiger partial charge < -0.3 is 19.7 Å². The van der Waals surface area contributed by atoms with Crippen molar-refractivity contribution >= 4 is 32.2 Å². The Hall–Kier alpha value is -3.59. The van der Waals surface area contributed by atoms with Gasteiger partial charge in [0.15, 0.2) is 0 Å². The number of anilines is 1. The highest BCUT2D eigenvalue weighted by Gasteiger charge is 2.28. The van der Waals surface area contributed by atoms with E-state index in [1.165, 1.54) is 0 Å². The molecule has 210 valence electrons. The van der Waals surface area contributed by atoms with Gasteiger partial charge in [0.05, 0.1) is 24.2 Å². The van der Waals surface area contributed by atoms with Crippen molar-refractivity contribution < 1.29 is 18.3 Å². The Morgan fingerprint density at radius 1 is 1.00 bits per heavy atom. The topological polar surface area (TPSA) is 83.8 Å². The highest BCUT2D eigenvalue weighted by molar-refractivity contribution is 7.89. The van der Waals surface area contributed by atoms with E-state index in [9.17, 15) is 13.5 Å². The summed E-state index contributed by atoms with van der Waals surface area (Å²) in [5, 5.41) is 15.4. The smallest absolute Gasteiger partial charge is 0.243 e. The summed E-state index contributed by atoms with van der Waals surface area (Å²) >= 11 is 0. The van der Waals surface area contributed by atoms with Crippen molar-refractivity contribution in [3.05, 3.63) is 95.7 Å². The van der Waals surface area contributed by atoms with E-state index < -0.39 is 16.1 Å². The number of ether oxygens (including phenoxy) is 1. The lowest BCUT2D eigenvalue weighted by molar-refractivity contribution is 0.167. The number of hydrogen-bond acceptors (Lipinski definition) is 5. The van der Waals surface area contributed by atoms with Crippen molar-refractivity contribution in [1.29, 1.82) is 0 Å². The summed E-state index contributed by atoms with van der Waals surface area (Å²) in [6, 6.07) is 23.0. The number of aromatic nitrogens is 1. The first-order chi connectivity index (χ1) is 19.3. The number of sulfonamides is 1. The molecule has 8 heteroatoms. The molecule has 40 heavy (non-hydrogen) atoms. The molecular weight excluding hydrogens is 522 g/mol. The zero-order valence-electron chi connectivity index (χ0n) is 23.3. The summed E-state index contributed by atoms with van der Waals surface area (Å²) in [4.78, 5) is 0.329. The second kappa shape index (κ2) is 11.9. The van der Waals surface area contributed by atoms with Gasteiger partial charge in [0, 0.05) is 47.5 Å². The number of hydrogen-bond donors (Lipinski definition) is 2. The van der Waals surface area contributed by atoms with Crippen LogP contribution in [0.15, 0.2) is 83.8 Å². The normalized spacial score (nSPS) is 15.2. The summed E-state index contributed by atoms with van der Waals surface area (Å²) in [5.41, 5.74) is 6.37. The van der Waals surface area contributed by atoms with Gasteiger partial charge in [-0.3, -0.25) is 0 Å². The molecule has 0 radical (unpaired) electrons. The molecule has 0 fully saturated rings. The average molecular weight is 560 g/mol. The lowest BCUT2D eigenvalue weighted by Crippen LogP contribution is -2.34. The molecule has 0 spiro atoms. The molecule has 3 aromatic carbocycles. The van der Waals surface area contributed by atoms with E-state index in [0.717, 1.165) is 44.7 Å². The molecule has 0 unspecified atom stereocenters. The second-order valence-electron chi connectivity index (χ2n) is 10.2. The molecule has 0 saturated heterocycles. The van der Waals surface area contributed by atoms with E-state index >= 15 is 0 Å². The molecule has 0 saturated carbocycles. The molecular formula is C32H37N3O4S. The van der Waals surface area contributed by atoms with Crippen LogP contribution in [-0.2, 0) is 16.6 Å². The van der Waals surface area contributed by atoms with Crippen molar-refractivity contribution in [2.45, 2.75) is 44.7 Å². The predicted octanol–water partition coefficient (Wildman–Crippen LogP) is 5.61. The molecule has 1 atom stereocenters. The molecule has 4 aromatic rings. The number of benzene rings is 3. The zero-order valence-corrected chi connectivity index (χ0v) is 24.1. The van der Waals surface area contributed by atoms with Crippen LogP contribution in [0.25, 0.3) is 16.5 Å². The number of rotatable bonds is 10. The number of para-hydroxylation sites is 1. The first kappa shape index (κ1) is 28.0. The molecule has 2 N–H and O–H groups in total. The monoisotopic (exact) mass is 559 g/mol. The van der Waals surface area contributed by atoms with Crippen LogP contribution < -0.4 is 10.1 Å². The fraction of sp³-hybridized carbons (Fsp3) is 0.312. The Balaban J connectivity index is 1.33. The number of aliphatic hydroxyl groups excluding tert-OH is 1. The largest absolute Gasteiger partial charge is 0.494 e. The van der Waals surface area contributed by atoms with Crippen LogP contribution in [0, 0.1) is 13.8 Å². The summed E-state index contributed by atoms with van der Waals surface area (Å²) in [6.07, 6.45) is 2.06. The Kier molecular flexibility index (Phi) is 8.30. The number of fused-ring (bicyclic) bond motifs is 1. The van der Waals surface area contributed by atoms with E-state index in [1.54, 1.807) is 16.4 Å². The van der Waals surface area contributed by atoms with Crippen molar-refractivity contribution in [2.75, 3.05) is 31.6 Å². The second-order valence-corrected chi connectivity index (χ2v) is 12.2. The van der Waals surface area contributed by atoms with E-state index in [-0.39, 0.29) is 0 Å². The van der Waals surface area contributed by atoms with Crippen LogP contribution in [0.3, 0.4) is 0 Å². The molecule has 1 aliphatic rings. The third kappa shape index (κ3) is 5.80. The minimum atomic E-state index is -3.55. The van der Waals surface area contributed by atoms with Gasteiger partial charge in [-0.1, -0.05) is 42.0 Å². The number of nitrogens with one attached hydrogen (secondary N) is 1. The molecule has 2 heterocycles. The van der Waals surface area contributed by atoms with Gasteiger partial charge in [0.1, 0.15) is 5.75 Å². The molecule has 1 aliphatic heterocycles. The molecule has 0 amide bonds. The fourth-order valence-corrected chi connectivity index (χ4v) is 6.75. The highest BCUT2D eigenvalue weighted by atomic mass is 32.2. The maximum atomic E-state index is 13.2. The zero-order chi connectivity index (χ0) is 28.3. The first-order valence-electron chi connectivity index (χ1n) is 13.8. The number of aliphatic hydroxyl groups is 1. The van der Waals surface area contributed by atoms with Crippen LogP contribution in [0.4, 0.5) is 5.69 Å². The summed E-state index contributed by atoms with van der Waals surface area (Å²) in [6.45, 7) is 8.22. The molecule has 7 nitrogen and oxygen atoms in total. The minimum absolute atomic E-state index is 0.329. The maximum absolute atomic E-state index is 13.2. The third-order valence-electron chi connectivity index (χ3n) is 7.48. The quantitative estimate of drug-likeness (QED) is 0.264. The average Bonchev–Trinajstić information content (AvgIpc) is 3.24. The molecule has 0 aliphatic carbocycles. The van der Waals surface area contributed by atoms with Gasteiger partial charge in [-0.25, -0.2) is 8.42 Å². The van der Waals surface area contributed by atoms with E-state index in [0.29, 0.717) is 44.1 Å². The first-order valence-corrected chi connectivity index (χ1v) is 15.2. The minimum Gasteiger partial charge on any atom is -0.494 e. The van der Waals surface area contributed by atoms with Crippen LogP contribution >= 0.6 is 0 Å². The third-order valence-corrected chi connectivity index (χ3v) is 9.36. The molecule has 5 rings (SSSR count). The van der Waals surface area contributed by atoms with Crippen molar-refractivity contribution in [1.82, 2.24) is 8.87 Å². The molecule has 0 bridgehead atoms. The lowest BCUT2D eigenvalue weighted by atomic mass is 9.97. The standard InChI is InChI=1S/C32H37N3O4S/c1-4-39-28-13-11-26(12-14-28)33-21-27(36)22-35-24(3)32(30-7-5-6-8-31(30)35)25-17-19-34(20-18-25)40(37,38)29-15-9-23(2)10-16-29/h5-17,27,33,36H,4,18-22H2,1-3H3/t27-/m0/s1. The van der Waals surface area contributed by atoms with Crippen molar-refractivity contribution in [3.8, 4) is 5.75 Å². The molecule has 1 aromatic heterocycles. The van der Waals surface area contributed by atoms with E-state index in [1.807, 2.05) is 68.5 Å². The van der Waals surface area contributed by atoms with E-state index in [4.69, 9.17) is 4.74 Å². The van der Waals surface area contributed by atoms with Crippen LogP contribution in [-0.4, -0.2) is 54.7 Å². The highest BCUT2D eigenvalue weighted by Crippen LogP contribution is 2.35. The fourth-order valence-electron chi connectivity index (χ4n) is 5.37. The Morgan fingerprint density at radius 3 is 2.40 bits per heavy atom. The summed E-state index contributed by atoms with van der Waals surface area (Å²) in [7, 11) is -3.55. The summed E-state index contributed by atoms with van der Waals surface area (Å²) in [5.74, 6) is 0.823. The summed E-state index contributed by atoms with van der Waals surface area (Å²) < 4.78 is 35.6. The van der Waals surface area contributed by atoms with Gasteiger partial charge in [-0.15, -0.1) is 0 Å². The van der Waals surface area contributed by atoms with Gasteiger partial charge in [0.25, 0.3) is 0 Å². The maximum Gasteiger partial charge on any atom is 0.243 e. The van der Waals surface area contributed by atoms with Crippen LogP contribution in [0.1, 0.15) is 30.2 Å².